The van der Waals surface area contributed by atoms with Crippen molar-refractivity contribution in [3.8, 4) is 5.69 Å². The fourth-order valence-electron chi connectivity index (χ4n) is 4.47. The van der Waals surface area contributed by atoms with E-state index in [9.17, 15) is 18.0 Å². The number of hydrogen-bond acceptors (Lipinski definition) is 4. The highest BCUT2D eigenvalue weighted by Gasteiger charge is 2.31. The van der Waals surface area contributed by atoms with Crippen LogP contribution in [0.2, 0.25) is 5.02 Å². The van der Waals surface area contributed by atoms with E-state index in [0.29, 0.717) is 28.3 Å². The van der Waals surface area contributed by atoms with E-state index in [1.165, 1.54) is 12.3 Å². The quantitative estimate of drug-likeness (QED) is 0.179. The molecule has 210 valence electrons. The largest absolute Gasteiger partial charge is 0.416 e. The van der Waals surface area contributed by atoms with Crippen LogP contribution >= 0.6 is 11.6 Å². The van der Waals surface area contributed by atoms with E-state index < -0.39 is 17.8 Å². The van der Waals surface area contributed by atoms with Gasteiger partial charge in [-0.2, -0.15) is 18.3 Å². The van der Waals surface area contributed by atoms with Crippen molar-refractivity contribution < 1.29 is 18.0 Å². The summed E-state index contributed by atoms with van der Waals surface area (Å²) < 4.78 is 41.9. The summed E-state index contributed by atoms with van der Waals surface area (Å²) in [4.78, 5) is 17.3. The lowest BCUT2D eigenvalue weighted by Crippen LogP contribution is -2.29. The summed E-state index contributed by atoms with van der Waals surface area (Å²) in [5.41, 5.74) is 2.54. The smallest absolute Gasteiger partial charge is 0.345 e. The number of carbonyl (C=O) groups excluding carboxylic acids is 1. The first-order valence-electron chi connectivity index (χ1n) is 13.1. The minimum absolute atomic E-state index is 0.354. The molecule has 0 aliphatic heterocycles. The van der Waals surface area contributed by atoms with Gasteiger partial charge in [-0.05, 0) is 86.0 Å². The molecule has 1 atom stereocenters. The van der Waals surface area contributed by atoms with Crippen LogP contribution in [0, 0.1) is 6.92 Å². The number of nitrogens with one attached hydrogen (secondary N) is 2. The van der Waals surface area contributed by atoms with Gasteiger partial charge in [0.1, 0.15) is 0 Å². The van der Waals surface area contributed by atoms with Crippen molar-refractivity contribution in [2.75, 3.05) is 6.54 Å². The van der Waals surface area contributed by atoms with Crippen LogP contribution in [0.3, 0.4) is 0 Å². The second kappa shape index (κ2) is 13.6. The van der Waals surface area contributed by atoms with Crippen LogP contribution in [0.4, 0.5) is 13.2 Å². The molecular weight excluding hydrogens is 539 g/mol. The lowest BCUT2D eigenvalue weighted by molar-refractivity contribution is -0.137. The Morgan fingerprint density at radius 3 is 2.50 bits per heavy atom. The fourth-order valence-corrected chi connectivity index (χ4v) is 4.60. The van der Waals surface area contributed by atoms with Crippen LogP contribution in [-0.2, 0) is 12.7 Å². The number of amides is 1. The van der Waals surface area contributed by atoms with Crippen LogP contribution in [0.5, 0.6) is 0 Å². The van der Waals surface area contributed by atoms with Crippen LogP contribution < -0.4 is 10.6 Å². The van der Waals surface area contributed by atoms with E-state index in [2.05, 4.69) is 20.7 Å². The number of pyridine rings is 1. The molecule has 1 amide bonds. The summed E-state index contributed by atoms with van der Waals surface area (Å²) in [6.45, 7) is 3.33. The van der Waals surface area contributed by atoms with Crippen LogP contribution in [0.15, 0.2) is 79.3 Å². The van der Waals surface area contributed by atoms with Crippen molar-refractivity contribution in [1.82, 2.24) is 25.4 Å². The van der Waals surface area contributed by atoms with Gasteiger partial charge in [0, 0.05) is 24.0 Å². The molecule has 0 bridgehead atoms. The molecule has 0 radical (unpaired) electrons. The zero-order valence-corrected chi connectivity index (χ0v) is 22.8. The van der Waals surface area contributed by atoms with E-state index in [0.717, 1.165) is 55.7 Å². The third-order valence-corrected chi connectivity index (χ3v) is 6.92. The van der Waals surface area contributed by atoms with E-state index in [1.54, 1.807) is 54.3 Å². The molecule has 10 heteroatoms. The molecule has 2 N–H and O–H groups in total. The van der Waals surface area contributed by atoms with E-state index >= 15 is 0 Å². The van der Waals surface area contributed by atoms with Gasteiger partial charge in [0.05, 0.1) is 34.7 Å². The molecule has 0 saturated heterocycles. The predicted molar refractivity (Wildman–Crippen MR) is 149 cm³/mol. The average molecular weight is 570 g/mol. The van der Waals surface area contributed by atoms with Crippen molar-refractivity contribution in [1.29, 1.82) is 0 Å². The molecule has 0 fully saturated rings. The standard InChI is InChI=1S/C30H31ClF3N5O/c1-21-27(20-37-39(21)26-11-9-25(31)10-12-26)29(40)38-28(23-6-5-7-24(18-23)30(32,33)34)8-3-2-4-15-36-19-22-13-16-35-17-14-22/h5-7,9-14,16-18,20,28,36H,2-4,8,15,19H2,1H3,(H,38,40). The highest BCUT2D eigenvalue weighted by Crippen LogP contribution is 2.32. The van der Waals surface area contributed by atoms with Crippen LogP contribution in [0.1, 0.15) is 64.5 Å². The zero-order chi connectivity index (χ0) is 28.5. The average Bonchev–Trinajstić information content (AvgIpc) is 3.33. The SMILES string of the molecule is Cc1c(C(=O)NC(CCCCCNCc2ccncc2)c2cccc(C(F)(F)F)c2)cnn1-c1ccc(Cl)cc1. The lowest BCUT2D eigenvalue weighted by Gasteiger charge is -2.21. The number of benzene rings is 2. The zero-order valence-electron chi connectivity index (χ0n) is 22.1. The van der Waals surface area contributed by atoms with Crippen molar-refractivity contribution >= 4 is 17.5 Å². The van der Waals surface area contributed by atoms with Crippen molar-refractivity contribution in [2.24, 2.45) is 0 Å². The highest BCUT2D eigenvalue weighted by atomic mass is 35.5. The van der Waals surface area contributed by atoms with Crippen molar-refractivity contribution in [3.63, 3.8) is 0 Å². The van der Waals surface area contributed by atoms with Crippen molar-refractivity contribution in [2.45, 2.75) is 51.4 Å². The predicted octanol–water partition coefficient (Wildman–Crippen LogP) is 7.07. The third-order valence-electron chi connectivity index (χ3n) is 6.67. The molecule has 40 heavy (non-hydrogen) atoms. The molecule has 0 saturated carbocycles. The number of aromatic nitrogens is 3. The maximum absolute atomic E-state index is 13.4. The fraction of sp³-hybridized carbons (Fsp3) is 0.300. The molecule has 4 rings (SSSR count). The van der Waals surface area contributed by atoms with E-state index in [-0.39, 0.29) is 5.91 Å². The van der Waals surface area contributed by atoms with Crippen LogP contribution in [-0.4, -0.2) is 27.2 Å². The summed E-state index contributed by atoms with van der Waals surface area (Å²) >= 11 is 5.98. The first-order chi connectivity index (χ1) is 19.2. The molecule has 2 aromatic carbocycles. The van der Waals surface area contributed by atoms with Crippen LogP contribution in [0.25, 0.3) is 5.69 Å². The third kappa shape index (κ3) is 7.92. The van der Waals surface area contributed by atoms with Gasteiger partial charge in [-0.1, -0.05) is 36.6 Å². The maximum Gasteiger partial charge on any atom is 0.416 e. The number of rotatable bonds is 12. The molecule has 2 aromatic heterocycles. The molecular formula is C30H31ClF3N5O. The number of halogens is 4. The van der Waals surface area contributed by atoms with Gasteiger partial charge in [-0.25, -0.2) is 4.68 Å². The van der Waals surface area contributed by atoms with Gasteiger partial charge >= 0.3 is 6.18 Å². The molecule has 1 unspecified atom stereocenters. The molecule has 4 aromatic rings. The molecule has 6 nitrogen and oxygen atoms in total. The minimum Gasteiger partial charge on any atom is -0.345 e. The number of unbranched alkanes of at least 4 members (excludes halogenated alkanes) is 2. The van der Waals surface area contributed by atoms with Gasteiger partial charge < -0.3 is 10.6 Å². The Morgan fingerprint density at radius 2 is 1.77 bits per heavy atom. The Kier molecular flexibility index (Phi) is 9.95. The molecule has 0 aliphatic carbocycles. The molecule has 2 heterocycles. The second-order valence-electron chi connectivity index (χ2n) is 9.56. The number of carbonyl (C=O) groups is 1. The topological polar surface area (TPSA) is 71.8 Å². The summed E-state index contributed by atoms with van der Waals surface area (Å²) in [5, 5.41) is 11.3. The first-order valence-corrected chi connectivity index (χ1v) is 13.5. The normalized spacial score (nSPS) is 12.3. The van der Waals surface area contributed by atoms with Gasteiger partial charge in [0.25, 0.3) is 5.91 Å². The lowest BCUT2D eigenvalue weighted by atomic mass is 9.98. The Balaban J connectivity index is 1.41. The van der Waals surface area contributed by atoms with E-state index in [4.69, 9.17) is 11.6 Å². The first kappa shape index (κ1) is 29.3. The highest BCUT2D eigenvalue weighted by molar-refractivity contribution is 6.30. The van der Waals surface area contributed by atoms with Gasteiger partial charge in [-0.15, -0.1) is 0 Å². The van der Waals surface area contributed by atoms with Gasteiger partial charge in [0.15, 0.2) is 0 Å². The Hall–Kier alpha value is -3.69. The maximum atomic E-state index is 13.4. The summed E-state index contributed by atoms with van der Waals surface area (Å²) in [5.74, 6) is -0.390. The van der Waals surface area contributed by atoms with Gasteiger partial charge in [-0.3, -0.25) is 9.78 Å². The number of nitrogens with zero attached hydrogens (tertiary/aromatic N) is 3. The summed E-state index contributed by atoms with van der Waals surface area (Å²) in [6.07, 6.45) is 3.51. The summed E-state index contributed by atoms with van der Waals surface area (Å²) in [6, 6.07) is 15.5. The Bertz CT molecular complexity index is 1390. The van der Waals surface area contributed by atoms with Crippen molar-refractivity contribution in [3.05, 3.63) is 112 Å². The molecule has 0 aliphatic rings. The van der Waals surface area contributed by atoms with Gasteiger partial charge in [0.2, 0.25) is 0 Å². The monoisotopic (exact) mass is 569 g/mol. The number of alkyl halides is 3. The molecule has 0 spiro atoms. The second-order valence-corrected chi connectivity index (χ2v) is 10.00. The Morgan fingerprint density at radius 1 is 1.02 bits per heavy atom. The number of hydrogen-bond donors (Lipinski definition) is 2. The van der Waals surface area contributed by atoms with E-state index in [1.807, 2.05) is 12.1 Å². The Labute approximate surface area is 236 Å². The minimum atomic E-state index is -4.47. The summed E-state index contributed by atoms with van der Waals surface area (Å²) in [7, 11) is 0.